The minimum atomic E-state index is -5.56. The fraction of sp³-hybridized carbons (Fsp3) is 0.956. The average Bonchev–Trinajstić information content (AvgIpc) is 3.20. The standard InChI is InChI=1S/C45H87O13P/c1-3-5-7-9-11-13-15-17-19-21-23-25-27-29-31-33-36(46)35-45(54,37(47)34-32-30-28-26-24-22-20-18-16-14-12-10-8-6-4-2)44(53)58-59(55,56)57-43-41(51)39(49)38(48)40(50)42(43)52/h38-44,48-54H,3-35H2,1-2H3,(H,55,56). The van der Waals surface area contributed by atoms with Crippen molar-refractivity contribution in [2.45, 2.75) is 274 Å². The molecule has 0 spiro atoms. The lowest BCUT2D eigenvalue weighted by Gasteiger charge is -2.41. The summed E-state index contributed by atoms with van der Waals surface area (Å²) in [5.74, 6) is -1.49. The van der Waals surface area contributed by atoms with E-state index in [-0.39, 0.29) is 12.8 Å². The van der Waals surface area contributed by atoms with Crippen molar-refractivity contribution in [1.29, 1.82) is 0 Å². The molecule has 0 bridgehead atoms. The fourth-order valence-electron chi connectivity index (χ4n) is 7.99. The molecule has 0 amide bonds. The molecule has 7 unspecified atom stereocenters. The van der Waals surface area contributed by atoms with Gasteiger partial charge < -0.3 is 40.6 Å². The average molecular weight is 867 g/mol. The number of Topliss-reactive ketones (excluding diaryl/α,β-unsaturated/α-hetero) is 2. The number of phosphoric acid groups is 1. The molecule has 0 aliphatic heterocycles. The van der Waals surface area contributed by atoms with E-state index < -0.39 is 74.3 Å². The van der Waals surface area contributed by atoms with Gasteiger partial charge >= 0.3 is 7.82 Å². The first kappa shape index (κ1) is 56.2. The van der Waals surface area contributed by atoms with Crippen LogP contribution in [0, 0.1) is 0 Å². The summed E-state index contributed by atoms with van der Waals surface area (Å²) >= 11 is 0. The van der Waals surface area contributed by atoms with Crippen molar-refractivity contribution in [3.63, 3.8) is 0 Å². The van der Waals surface area contributed by atoms with Crippen LogP contribution in [-0.4, -0.2) is 101 Å². The van der Waals surface area contributed by atoms with Gasteiger partial charge in [-0.05, 0) is 12.8 Å². The Labute approximate surface area is 356 Å². The highest BCUT2D eigenvalue weighted by Gasteiger charge is 2.53. The molecule has 14 heteroatoms. The van der Waals surface area contributed by atoms with Gasteiger partial charge in [0.15, 0.2) is 11.4 Å². The summed E-state index contributed by atoms with van der Waals surface area (Å²) < 4.78 is 22.5. The second-order valence-electron chi connectivity index (χ2n) is 17.4. The minimum Gasteiger partial charge on any atom is -0.387 e. The Morgan fingerprint density at radius 3 is 1.14 bits per heavy atom. The smallest absolute Gasteiger partial charge is 0.387 e. The van der Waals surface area contributed by atoms with Crippen LogP contribution in [0.25, 0.3) is 0 Å². The molecule has 8 N–H and O–H groups in total. The van der Waals surface area contributed by atoms with Crippen LogP contribution in [0.1, 0.15) is 226 Å². The summed E-state index contributed by atoms with van der Waals surface area (Å²) in [6.45, 7) is 4.45. The zero-order chi connectivity index (χ0) is 43.9. The third-order valence-electron chi connectivity index (χ3n) is 12.0. The third kappa shape index (κ3) is 24.6. The van der Waals surface area contributed by atoms with Crippen LogP contribution in [0.5, 0.6) is 0 Å². The molecule has 0 aromatic heterocycles. The van der Waals surface area contributed by atoms with Crippen molar-refractivity contribution in [2.24, 2.45) is 0 Å². The van der Waals surface area contributed by atoms with Gasteiger partial charge in [0.05, 0.1) is 0 Å². The van der Waals surface area contributed by atoms with E-state index in [2.05, 4.69) is 13.8 Å². The van der Waals surface area contributed by atoms with Crippen LogP contribution >= 0.6 is 7.82 Å². The molecule has 0 aromatic carbocycles. The Balaban J connectivity index is 2.61. The third-order valence-corrected chi connectivity index (χ3v) is 13.0. The maximum Gasteiger partial charge on any atom is 0.475 e. The van der Waals surface area contributed by atoms with Crippen molar-refractivity contribution in [3.8, 4) is 0 Å². The number of rotatable bonds is 40. The molecule has 0 aromatic rings. The first-order valence-electron chi connectivity index (χ1n) is 23.8. The monoisotopic (exact) mass is 867 g/mol. The van der Waals surface area contributed by atoms with Crippen LogP contribution in [0.15, 0.2) is 0 Å². The SMILES string of the molecule is CCCCCCCCCCCCCCCCCC(=O)CC(O)(C(=O)CCCCCCCCCCCCCCCCC)C(O)OP(=O)(O)OC1C(O)C(O)C(O)C(O)C1O. The molecular formula is C45H87O13P. The second kappa shape index (κ2) is 33.7. The summed E-state index contributed by atoms with van der Waals surface area (Å²) in [7, 11) is -5.56. The Morgan fingerprint density at radius 1 is 0.508 bits per heavy atom. The summed E-state index contributed by atoms with van der Waals surface area (Å²) in [5.41, 5.74) is -2.90. The first-order chi connectivity index (χ1) is 28.2. The minimum absolute atomic E-state index is 0.0192. The molecule has 0 heterocycles. The highest BCUT2D eigenvalue weighted by atomic mass is 31.2. The predicted octanol–water partition coefficient (Wildman–Crippen LogP) is 8.41. The van der Waals surface area contributed by atoms with E-state index in [1.807, 2.05) is 0 Å². The lowest BCUT2D eigenvalue weighted by molar-refractivity contribution is -0.225. The van der Waals surface area contributed by atoms with E-state index in [0.717, 1.165) is 51.4 Å². The van der Waals surface area contributed by atoms with Crippen LogP contribution in [0.2, 0.25) is 0 Å². The number of phosphoric ester groups is 1. The summed E-state index contributed by atoms with van der Waals surface area (Å²) in [6.07, 6.45) is 17.5. The van der Waals surface area contributed by atoms with Gasteiger partial charge in [-0.25, -0.2) is 4.57 Å². The van der Waals surface area contributed by atoms with Gasteiger partial charge in [-0.15, -0.1) is 0 Å². The lowest BCUT2D eigenvalue weighted by Crippen LogP contribution is -2.64. The van der Waals surface area contributed by atoms with Crippen LogP contribution in [0.3, 0.4) is 0 Å². The molecule has 0 saturated heterocycles. The number of hydrogen-bond acceptors (Lipinski definition) is 12. The van der Waals surface area contributed by atoms with E-state index in [9.17, 15) is 54.8 Å². The van der Waals surface area contributed by atoms with Gasteiger partial charge in [0.1, 0.15) is 42.4 Å². The van der Waals surface area contributed by atoms with Gasteiger partial charge in [0.25, 0.3) is 0 Å². The van der Waals surface area contributed by atoms with E-state index in [1.54, 1.807) is 0 Å². The van der Waals surface area contributed by atoms with Crippen molar-refractivity contribution in [2.75, 3.05) is 0 Å². The molecule has 1 aliphatic rings. The maximum atomic E-state index is 13.5. The number of carbonyl (C=O) groups excluding carboxylic acids is 2. The van der Waals surface area contributed by atoms with Crippen molar-refractivity contribution >= 4 is 19.4 Å². The molecule has 350 valence electrons. The van der Waals surface area contributed by atoms with Crippen molar-refractivity contribution in [1.82, 2.24) is 0 Å². The highest BCUT2D eigenvalue weighted by Crippen LogP contribution is 2.49. The first-order valence-corrected chi connectivity index (χ1v) is 25.3. The Hall–Kier alpha value is -0.830. The molecule has 1 saturated carbocycles. The molecule has 59 heavy (non-hydrogen) atoms. The van der Waals surface area contributed by atoms with E-state index in [4.69, 9.17) is 9.05 Å². The summed E-state index contributed by atoms with van der Waals surface area (Å²) in [5, 5.41) is 72.7. The molecule has 13 nitrogen and oxygen atoms in total. The number of aliphatic hydroxyl groups excluding tert-OH is 6. The largest absolute Gasteiger partial charge is 0.475 e. The molecule has 7 atom stereocenters. The molecule has 1 rings (SSSR count). The van der Waals surface area contributed by atoms with Crippen molar-refractivity contribution < 1.29 is 63.8 Å². The quantitative estimate of drug-likeness (QED) is 0.0164. The van der Waals surface area contributed by atoms with E-state index in [1.165, 1.54) is 122 Å². The van der Waals surface area contributed by atoms with Crippen LogP contribution in [0.4, 0.5) is 0 Å². The topological polar surface area (TPSA) is 232 Å². The number of unbranched alkanes of at least 4 members (excludes halogenated alkanes) is 28. The van der Waals surface area contributed by atoms with Crippen molar-refractivity contribution in [3.05, 3.63) is 0 Å². The second-order valence-corrected chi connectivity index (χ2v) is 18.8. The number of hydrogen-bond donors (Lipinski definition) is 8. The van der Waals surface area contributed by atoms with Gasteiger partial charge in [0, 0.05) is 19.3 Å². The summed E-state index contributed by atoms with van der Waals surface area (Å²) in [6, 6.07) is 0. The van der Waals surface area contributed by atoms with Gasteiger partial charge in [-0.3, -0.25) is 18.6 Å². The zero-order valence-electron chi connectivity index (χ0n) is 36.9. The Kier molecular flexibility index (Phi) is 32.1. The van der Waals surface area contributed by atoms with Crippen LogP contribution < -0.4 is 0 Å². The Bertz CT molecular complexity index is 1100. The number of carbonyl (C=O) groups is 2. The molecule has 1 aliphatic carbocycles. The molecular weight excluding hydrogens is 779 g/mol. The number of aliphatic hydroxyl groups is 7. The normalized spacial score (nSPS) is 23.5. The Morgan fingerprint density at radius 2 is 0.797 bits per heavy atom. The van der Waals surface area contributed by atoms with Gasteiger partial charge in [0.2, 0.25) is 6.29 Å². The van der Waals surface area contributed by atoms with Crippen LogP contribution in [-0.2, 0) is 23.2 Å². The zero-order valence-corrected chi connectivity index (χ0v) is 37.8. The van der Waals surface area contributed by atoms with E-state index in [0.29, 0.717) is 19.3 Å². The number of ketones is 2. The molecule has 1 fully saturated rings. The fourth-order valence-corrected chi connectivity index (χ4v) is 9.03. The lowest BCUT2D eigenvalue weighted by atomic mass is 9.85. The summed E-state index contributed by atoms with van der Waals surface area (Å²) in [4.78, 5) is 37.0. The highest BCUT2D eigenvalue weighted by molar-refractivity contribution is 7.47. The maximum absolute atomic E-state index is 13.5. The van der Waals surface area contributed by atoms with Gasteiger partial charge in [-0.2, -0.15) is 0 Å². The molecule has 0 radical (unpaired) electrons. The van der Waals surface area contributed by atoms with E-state index >= 15 is 0 Å². The van der Waals surface area contributed by atoms with Gasteiger partial charge in [-0.1, -0.05) is 194 Å². The predicted molar refractivity (Wildman–Crippen MR) is 230 cm³/mol.